The van der Waals surface area contributed by atoms with Crippen molar-refractivity contribution in [2.45, 2.75) is 6.04 Å². The highest BCUT2D eigenvalue weighted by Crippen LogP contribution is 2.32. The summed E-state index contributed by atoms with van der Waals surface area (Å²) in [5, 5.41) is 13.5. The van der Waals surface area contributed by atoms with Gasteiger partial charge >= 0.3 is 0 Å². The van der Waals surface area contributed by atoms with E-state index in [4.69, 9.17) is 16.3 Å². The third kappa shape index (κ3) is 3.45. The lowest BCUT2D eigenvalue weighted by molar-refractivity contribution is 0.276. The molecule has 20 heavy (non-hydrogen) atoms. The number of anilines is 1. The molecule has 2 N–H and O–H groups in total. The van der Waals surface area contributed by atoms with Crippen molar-refractivity contribution in [1.29, 1.82) is 0 Å². The minimum Gasteiger partial charge on any atom is -0.495 e. The van der Waals surface area contributed by atoms with Gasteiger partial charge in [-0.1, -0.05) is 39.7 Å². The second-order valence-electron chi connectivity index (χ2n) is 4.25. The molecule has 0 radical (unpaired) electrons. The number of para-hydroxylation sites is 2. The third-order valence-electron chi connectivity index (χ3n) is 2.95. The summed E-state index contributed by atoms with van der Waals surface area (Å²) in [5.74, 6) is 0.720. The maximum atomic E-state index is 9.64. The maximum Gasteiger partial charge on any atom is 0.141 e. The van der Waals surface area contributed by atoms with Crippen LogP contribution in [0.5, 0.6) is 5.75 Å². The van der Waals surface area contributed by atoms with Crippen LogP contribution in [0.2, 0.25) is 5.02 Å². The van der Waals surface area contributed by atoms with Gasteiger partial charge < -0.3 is 15.2 Å². The molecule has 0 spiro atoms. The van der Waals surface area contributed by atoms with E-state index in [1.807, 2.05) is 36.4 Å². The van der Waals surface area contributed by atoms with Crippen molar-refractivity contribution in [3.05, 3.63) is 57.5 Å². The van der Waals surface area contributed by atoms with Crippen LogP contribution in [0, 0.1) is 0 Å². The average molecular weight is 357 g/mol. The molecule has 0 aromatic heterocycles. The number of benzene rings is 2. The van der Waals surface area contributed by atoms with Crippen molar-refractivity contribution in [3.63, 3.8) is 0 Å². The van der Waals surface area contributed by atoms with E-state index in [-0.39, 0.29) is 12.6 Å². The molecule has 2 aromatic carbocycles. The molecule has 1 unspecified atom stereocenters. The number of ether oxygens (including phenoxy) is 1. The predicted octanol–water partition coefficient (Wildman–Crippen LogP) is 4.26. The van der Waals surface area contributed by atoms with Crippen LogP contribution in [0.15, 0.2) is 46.9 Å². The number of nitrogens with one attached hydrogen (secondary N) is 1. The Bertz CT molecular complexity index is 592. The largest absolute Gasteiger partial charge is 0.495 e. The van der Waals surface area contributed by atoms with E-state index in [1.165, 1.54) is 0 Å². The molecular formula is C15H15BrClNO2. The zero-order chi connectivity index (χ0) is 14.5. The molecule has 1 atom stereocenters. The SMILES string of the molecule is COc1ccccc1NC(CO)c1cc(Br)ccc1Cl. The smallest absolute Gasteiger partial charge is 0.141 e. The molecule has 0 bridgehead atoms. The van der Waals surface area contributed by atoms with Crippen LogP contribution in [0.1, 0.15) is 11.6 Å². The summed E-state index contributed by atoms with van der Waals surface area (Å²) in [6.07, 6.45) is 0. The summed E-state index contributed by atoms with van der Waals surface area (Å²) >= 11 is 9.62. The van der Waals surface area contributed by atoms with Crippen molar-refractivity contribution in [1.82, 2.24) is 0 Å². The fourth-order valence-electron chi connectivity index (χ4n) is 1.95. The standard InChI is InChI=1S/C15H15BrClNO2/c1-20-15-5-3-2-4-13(15)18-14(9-19)11-8-10(16)6-7-12(11)17/h2-8,14,18-19H,9H2,1H3. The zero-order valence-corrected chi connectivity index (χ0v) is 13.3. The first kappa shape index (κ1) is 15.2. The first-order valence-electron chi connectivity index (χ1n) is 6.11. The number of aliphatic hydroxyl groups is 1. The monoisotopic (exact) mass is 355 g/mol. The van der Waals surface area contributed by atoms with Gasteiger partial charge in [0.05, 0.1) is 25.4 Å². The van der Waals surface area contributed by atoms with Gasteiger partial charge in [0, 0.05) is 9.50 Å². The Kier molecular flexibility index (Phi) is 5.29. The summed E-state index contributed by atoms with van der Waals surface area (Å²) in [7, 11) is 1.61. The van der Waals surface area contributed by atoms with E-state index in [0.29, 0.717) is 5.02 Å². The number of hydrogen-bond acceptors (Lipinski definition) is 3. The summed E-state index contributed by atoms with van der Waals surface area (Å²) in [4.78, 5) is 0. The second kappa shape index (κ2) is 6.97. The van der Waals surface area contributed by atoms with Crippen LogP contribution in [0.25, 0.3) is 0 Å². The molecule has 0 amide bonds. The van der Waals surface area contributed by atoms with Gasteiger partial charge in [-0.05, 0) is 35.9 Å². The summed E-state index contributed by atoms with van der Waals surface area (Å²) in [6.45, 7) is -0.0752. The summed E-state index contributed by atoms with van der Waals surface area (Å²) in [5.41, 5.74) is 1.64. The van der Waals surface area contributed by atoms with Gasteiger partial charge in [0.1, 0.15) is 5.75 Å². The third-order valence-corrected chi connectivity index (χ3v) is 3.79. The van der Waals surface area contributed by atoms with E-state index in [9.17, 15) is 5.11 Å². The van der Waals surface area contributed by atoms with E-state index in [1.54, 1.807) is 13.2 Å². The molecule has 0 fully saturated rings. The number of halogens is 2. The fraction of sp³-hybridized carbons (Fsp3) is 0.200. The highest BCUT2D eigenvalue weighted by atomic mass is 79.9. The molecule has 0 saturated heterocycles. The average Bonchev–Trinajstić information content (AvgIpc) is 2.48. The molecule has 106 valence electrons. The van der Waals surface area contributed by atoms with Crippen molar-refractivity contribution in [2.24, 2.45) is 0 Å². The highest BCUT2D eigenvalue weighted by Gasteiger charge is 2.16. The molecule has 0 saturated carbocycles. The molecule has 3 nitrogen and oxygen atoms in total. The van der Waals surface area contributed by atoms with Crippen LogP contribution >= 0.6 is 27.5 Å². The molecular weight excluding hydrogens is 342 g/mol. The van der Waals surface area contributed by atoms with E-state index in [0.717, 1.165) is 21.5 Å². The molecule has 0 aliphatic heterocycles. The Morgan fingerprint density at radius 3 is 2.75 bits per heavy atom. The van der Waals surface area contributed by atoms with Crippen LogP contribution in [0.3, 0.4) is 0 Å². The minimum absolute atomic E-state index is 0.0752. The van der Waals surface area contributed by atoms with Gasteiger partial charge in [-0.25, -0.2) is 0 Å². The van der Waals surface area contributed by atoms with E-state index >= 15 is 0 Å². The summed E-state index contributed by atoms with van der Waals surface area (Å²) in [6, 6.07) is 12.8. The number of methoxy groups -OCH3 is 1. The molecule has 2 rings (SSSR count). The zero-order valence-electron chi connectivity index (χ0n) is 10.9. The lowest BCUT2D eigenvalue weighted by atomic mass is 10.1. The normalized spacial score (nSPS) is 12.0. The minimum atomic E-state index is -0.309. The topological polar surface area (TPSA) is 41.5 Å². The molecule has 0 heterocycles. The molecule has 5 heteroatoms. The first-order chi connectivity index (χ1) is 9.65. The summed E-state index contributed by atoms with van der Waals surface area (Å²) < 4.78 is 6.21. The quantitative estimate of drug-likeness (QED) is 0.841. The van der Waals surface area contributed by atoms with Gasteiger partial charge in [-0.15, -0.1) is 0 Å². The molecule has 0 aliphatic rings. The van der Waals surface area contributed by atoms with Crippen molar-refractivity contribution in [3.8, 4) is 5.75 Å². The second-order valence-corrected chi connectivity index (χ2v) is 5.57. The van der Waals surface area contributed by atoms with Crippen molar-refractivity contribution >= 4 is 33.2 Å². The lowest BCUT2D eigenvalue weighted by Crippen LogP contribution is -2.15. The number of aliphatic hydroxyl groups excluding tert-OH is 1. The maximum absolute atomic E-state index is 9.64. The van der Waals surface area contributed by atoms with Crippen LogP contribution in [-0.2, 0) is 0 Å². The van der Waals surface area contributed by atoms with Crippen molar-refractivity contribution < 1.29 is 9.84 Å². The lowest BCUT2D eigenvalue weighted by Gasteiger charge is -2.21. The Morgan fingerprint density at radius 2 is 2.05 bits per heavy atom. The van der Waals surface area contributed by atoms with Gasteiger partial charge in [-0.3, -0.25) is 0 Å². The first-order valence-corrected chi connectivity index (χ1v) is 7.28. The van der Waals surface area contributed by atoms with Crippen LogP contribution in [0.4, 0.5) is 5.69 Å². The van der Waals surface area contributed by atoms with Crippen LogP contribution < -0.4 is 10.1 Å². The number of rotatable bonds is 5. The van der Waals surface area contributed by atoms with Crippen molar-refractivity contribution in [2.75, 3.05) is 19.0 Å². The molecule has 2 aromatic rings. The fourth-order valence-corrected chi connectivity index (χ4v) is 2.58. The van der Waals surface area contributed by atoms with Gasteiger partial charge in [0.2, 0.25) is 0 Å². The Morgan fingerprint density at radius 1 is 1.30 bits per heavy atom. The highest BCUT2D eigenvalue weighted by molar-refractivity contribution is 9.10. The predicted molar refractivity (Wildman–Crippen MR) is 85.6 cm³/mol. The molecule has 0 aliphatic carbocycles. The Balaban J connectivity index is 2.31. The van der Waals surface area contributed by atoms with E-state index in [2.05, 4.69) is 21.2 Å². The van der Waals surface area contributed by atoms with Gasteiger partial charge in [0.25, 0.3) is 0 Å². The Labute approximate surface area is 131 Å². The van der Waals surface area contributed by atoms with Gasteiger partial charge in [-0.2, -0.15) is 0 Å². The Hall–Kier alpha value is -1.23. The number of hydrogen-bond donors (Lipinski definition) is 2. The van der Waals surface area contributed by atoms with Crippen LogP contribution in [-0.4, -0.2) is 18.8 Å². The van der Waals surface area contributed by atoms with Gasteiger partial charge in [0.15, 0.2) is 0 Å². The van der Waals surface area contributed by atoms with E-state index < -0.39 is 0 Å².